The molecule has 27 atom stereocenters. The molecule has 4 heterocycles. The second-order valence-corrected chi connectivity index (χ2v) is 25.8. The zero-order valence-corrected chi connectivity index (χ0v) is 44.3. The first kappa shape index (κ1) is 57.6. The number of carboxylic acid groups (broad SMARTS) is 1. The molecule has 4 saturated carbocycles. The van der Waals surface area contributed by atoms with Crippen molar-refractivity contribution in [1.82, 2.24) is 0 Å². The van der Waals surface area contributed by atoms with Crippen molar-refractivity contribution in [3.8, 4) is 0 Å². The van der Waals surface area contributed by atoms with Gasteiger partial charge in [0.25, 0.3) is 0 Å². The number of esters is 1. The van der Waals surface area contributed by atoms with Crippen LogP contribution in [0, 0.1) is 50.2 Å². The van der Waals surface area contributed by atoms with Gasteiger partial charge in [-0.25, -0.2) is 4.79 Å². The number of hydrogen-bond acceptors (Lipinski definition) is 21. The zero-order valence-electron chi connectivity index (χ0n) is 44.3. The number of carbonyl (C=O) groups is 2. The summed E-state index contributed by atoms with van der Waals surface area (Å²) in [5.41, 5.74) is -1.21. The molecule has 27 unspecified atom stereocenters. The largest absolute Gasteiger partial charge is 0.479 e. The minimum atomic E-state index is -1.98. The van der Waals surface area contributed by atoms with Crippen molar-refractivity contribution in [3.05, 3.63) is 11.6 Å². The summed E-state index contributed by atoms with van der Waals surface area (Å²) in [5.74, 6) is -2.07. The number of aliphatic hydroxyl groups is 11. The number of carbonyl (C=O) groups excluding carboxylic acids is 1. The molecule has 0 aromatic heterocycles. The maximum Gasteiger partial charge on any atom is 0.335 e. The maximum atomic E-state index is 14.8. The number of aliphatic carboxylic acids is 1. The minimum Gasteiger partial charge on any atom is -0.479 e. The van der Waals surface area contributed by atoms with E-state index in [9.17, 15) is 70.9 Å². The molecule has 0 bridgehead atoms. The lowest BCUT2D eigenvalue weighted by atomic mass is 9.33. The van der Waals surface area contributed by atoms with Gasteiger partial charge < -0.3 is 99.2 Å². The van der Waals surface area contributed by atoms with Crippen molar-refractivity contribution in [2.45, 2.75) is 242 Å². The average molecular weight is 1070 g/mol. The molecule has 22 heteroatoms. The van der Waals surface area contributed by atoms with Crippen LogP contribution in [-0.2, 0) is 47.5 Å². The molecule has 428 valence electrons. The highest BCUT2D eigenvalue weighted by molar-refractivity contribution is 5.79. The third-order valence-electron chi connectivity index (χ3n) is 21.0. The predicted octanol–water partition coefficient (Wildman–Crippen LogP) is -0.276. The summed E-state index contributed by atoms with van der Waals surface area (Å²) in [6.45, 7) is 16.0. The fraction of sp³-hybridized carbons (Fsp3) is 0.925. The smallest absolute Gasteiger partial charge is 0.335 e. The first-order valence-electron chi connectivity index (χ1n) is 27.1. The Morgan fingerprint density at radius 2 is 1.27 bits per heavy atom. The van der Waals surface area contributed by atoms with Crippen LogP contribution in [0.2, 0.25) is 0 Å². The number of ether oxygens (including phenoxy) is 8. The van der Waals surface area contributed by atoms with E-state index in [1.807, 2.05) is 0 Å². The van der Waals surface area contributed by atoms with Crippen LogP contribution >= 0.6 is 0 Å². The molecule has 0 spiro atoms. The van der Waals surface area contributed by atoms with Crippen molar-refractivity contribution in [3.63, 3.8) is 0 Å². The fourth-order valence-corrected chi connectivity index (χ4v) is 16.2. The Morgan fingerprint density at radius 3 is 1.95 bits per heavy atom. The van der Waals surface area contributed by atoms with Crippen LogP contribution in [0.5, 0.6) is 0 Å². The van der Waals surface area contributed by atoms with Crippen LogP contribution in [0.1, 0.15) is 120 Å². The number of allylic oxidation sites excluding steroid dienone is 2. The predicted molar refractivity (Wildman–Crippen MR) is 256 cm³/mol. The summed E-state index contributed by atoms with van der Waals surface area (Å²) in [4.78, 5) is 27.9. The van der Waals surface area contributed by atoms with Gasteiger partial charge in [-0.2, -0.15) is 0 Å². The van der Waals surface area contributed by atoms with E-state index in [0.29, 0.717) is 32.1 Å². The summed E-state index contributed by atoms with van der Waals surface area (Å²) < 4.78 is 47.7. The van der Waals surface area contributed by atoms with Gasteiger partial charge in [-0.1, -0.05) is 60.1 Å². The van der Waals surface area contributed by atoms with E-state index in [1.54, 1.807) is 0 Å². The van der Waals surface area contributed by atoms with E-state index in [-0.39, 0.29) is 39.4 Å². The molecule has 9 rings (SSSR count). The van der Waals surface area contributed by atoms with Crippen molar-refractivity contribution in [1.29, 1.82) is 0 Å². The van der Waals surface area contributed by atoms with Gasteiger partial charge in [0.15, 0.2) is 25.0 Å². The van der Waals surface area contributed by atoms with E-state index >= 15 is 0 Å². The molecule has 0 amide bonds. The highest BCUT2D eigenvalue weighted by Gasteiger charge is 2.70. The molecular formula is C53H84O22. The van der Waals surface area contributed by atoms with E-state index in [4.69, 9.17) is 37.9 Å². The zero-order chi connectivity index (χ0) is 54.9. The Kier molecular flexibility index (Phi) is 15.8. The van der Waals surface area contributed by atoms with E-state index < -0.39 is 159 Å². The third kappa shape index (κ3) is 9.36. The normalized spacial score (nSPS) is 53.5. The molecule has 0 radical (unpaired) electrons. The standard InChI is InChI=1S/C53H84O22/c1-22-30(56)33(59)36(62)44(69-22)72-39-38(64)46(74-41(42(65)66)40(39)73-43-35(61)31(57)25(55)21-68-43)71-29-12-13-50(6)27(49(29,4)5)11-14-52(8)28(50)10-9-23-24-19-48(2,3)15-17-53(24,18-16-51(23,52)7)47(67)75-45-37(63)34(60)32(58)26(20-54)70-45/h9,22,24-41,43-46,54-64H,10-21H2,1-8H3,(H,65,66). The van der Waals surface area contributed by atoms with Gasteiger partial charge in [-0.3, -0.25) is 4.79 Å². The Hall–Kier alpha value is -2.04. The van der Waals surface area contributed by atoms with Gasteiger partial charge in [0.2, 0.25) is 6.29 Å². The molecular weight excluding hydrogens is 989 g/mol. The Balaban J connectivity index is 0.968. The van der Waals surface area contributed by atoms with Crippen LogP contribution < -0.4 is 0 Å². The van der Waals surface area contributed by atoms with Crippen molar-refractivity contribution < 1.29 is 109 Å². The summed E-state index contributed by atoms with van der Waals surface area (Å²) in [6, 6.07) is 0. The van der Waals surface area contributed by atoms with Crippen LogP contribution in [0.15, 0.2) is 11.6 Å². The monoisotopic (exact) mass is 1070 g/mol. The molecule has 0 aromatic rings. The molecule has 4 saturated heterocycles. The van der Waals surface area contributed by atoms with Gasteiger partial charge in [0.05, 0.1) is 30.8 Å². The third-order valence-corrected chi connectivity index (χ3v) is 21.0. The summed E-state index contributed by atoms with van der Waals surface area (Å²) in [6.07, 6.45) is -23.2. The van der Waals surface area contributed by atoms with Crippen LogP contribution in [0.4, 0.5) is 0 Å². The van der Waals surface area contributed by atoms with Crippen LogP contribution in [0.25, 0.3) is 0 Å². The molecule has 0 aromatic carbocycles. The average Bonchev–Trinajstić information content (AvgIpc) is 3.35. The minimum absolute atomic E-state index is 0.0521. The van der Waals surface area contributed by atoms with Crippen molar-refractivity contribution >= 4 is 11.9 Å². The lowest BCUT2D eigenvalue weighted by Gasteiger charge is -2.71. The molecule has 12 N–H and O–H groups in total. The van der Waals surface area contributed by atoms with E-state index in [2.05, 4.69) is 54.5 Å². The van der Waals surface area contributed by atoms with Gasteiger partial charge in [-0.15, -0.1) is 0 Å². The Bertz CT molecular complexity index is 2120. The number of rotatable bonds is 10. The van der Waals surface area contributed by atoms with Crippen LogP contribution in [-0.4, -0.2) is 209 Å². The lowest BCUT2D eigenvalue weighted by Crippen LogP contribution is -2.68. The number of aliphatic hydroxyl groups excluding tert-OH is 11. The quantitative estimate of drug-likeness (QED) is 0.0761. The SMILES string of the molecule is CC1OC(OC2C(O)C(OC3CCC4(C)C(CCC5(C)C4CC=C4C6CC(C)(C)CCC6(C(=O)OC6OC(CO)C(O)C(O)C6O)CCC45C)C3(C)C)OC(C(=O)O)C2OC2OCC(O)C(O)C2O)C(O)C(O)C1O. The van der Waals surface area contributed by atoms with Gasteiger partial charge in [-0.05, 0) is 116 Å². The first-order valence-corrected chi connectivity index (χ1v) is 27.1. The van der Waals surface area contributed by atoms with E-state index in [0.717, 1.165) is 32.1 Å². The fourth-order valence-electron chi connectivity index (χ4n) is 16.2. The number of carboxylic acids is 1. The molecule has 8 fully saturated rings. The molecule has 75 heavy (non-hydrogen) atoms. The summed E-state index contributed by atoms with van der Waals surface area (Å²) in [5, 5.41) is 128. The molecule has 9 aliphatic rings. The topological polar surface area (TPSA) is 351 Å². The van der Waals surface area contributed by atoms with Gasteiger partial charge >= 0.3 is 11.9 Å². The van der Waals surface area contributed by atoms with Gasteiger partial charge in [0.1, 0.15) is 79.4 Å². The highest BCUT2D eigenvalue weighted by atomic mass is 16.8. The van der Waals surface area contributed by atoms with Crippen molar-refractivity contribution in [2.24, 2.45) is 50.2 Å². The summed E-state index contributed by atoms with van der Waals surface area (Å²) >= 11 is 0. The lowest BCUT2D eigenvalue weighted by molar-refractivity contribution is -0.383. The number of hydrogen-bond donors (Lipinski definition) is 12. The molecule has 4 aliphatic heterocycles. The second kappa shape index (κ2) is 20.5. The number of fused-ring (bicyclic) bond motifs is 7. The highest BCUT2D eigenvalue weighted by Crippen LogP contribution is 2.76. The maximum absolute atomic E-state index is 14.8. The molecule has 5 aliphatic carbocycles. The second-order valence-electron chi connectivity index (χ2n) is 25.8. The Labute approximate surface area is 437 Å². The summed E-state index contributed by atoms with van der Waals surface area (Å²) in [7, 11) is 0. The first-order chi connectivity index (χ1) is 35.0. The Morgan fingerprint density at radius 1 is 0.640 bits per heavy atom. The van der Waals surface area contributed by atoms with Crippen molar-refractivity contribution in [2.75, 3.05) is 13.2 Å². The van der Waals surface area contributed by atoms with Crippen LogP contribution in [0.3, 0.4) is 0 Å². The van der Waals surface area contributed by atoms with E-state index in [1.165, 1.54) is 12.5 Å². The van der Waals surface area contributed by atoms with Gasteiger partial charge in [0, 0.05) is 0 Å². The molecule has 22 nitrogen and oxygen atoms in total.